The number of esters is 1. The van der Waals surface area contributed by atoms with Gasteiger partial charge in [-0.25, -0.2) is 4.79 Å². The van der Waals surface area contributed by atoms with Crippen molar-refractivity contribution >= 4 is 34.8 Å². The van der Waals surface area contributed by atoms with E-state index in [1.165, 1.54) is 44.4 Å². The van der Waals surface area contributed by atoms with Crippen LogP contribution in [-0.2, 0) is 14.3 Å². The van der Waals surface area contributed by atoms with Gasteiger partial charge in [-0.05, 0) is 43.7 Å². The van der Waals surface area contributed by atoms with Crippen molar-refractivity contribution < 1.29 is 28.8 Å². The Labute approximate surface area is 177 Å². The summed E-state index contributed by atoms with van der Waals surface area (Å²) in [7, 11) is 1.32. The number of anilines is 2. The predicted octanol–water partition coefficient (Wildman–Crippen LogP) is 2.91. The molecule has 1 unspecified atom stereocenters. The van der Waals surface area contributed by atoms with Gasteiger partial charge in [-0.2, -0.15) is 0 Å². The molecule has 2 aromatic carbocycles. The molecular weight excluding hydrogens is 406 g/mol. The quantitative estimate of drug-likeness (QED) is 0.409. The molecule has 1 heterocycles. The maximum atomic E-state index is 12.4. The van der Waals surface area contributed by atoms with Crippen LogP contribution in [0.15, 0.2) is 42.5 Å². The van der Waals surface area contributed by atoms with Crippen molar-refractivity contribution in [3.05, 3.63) is 58.1 Å². The first-order valence-corrected chi connectivity index (χ1v) is 9.55. The highest BCUT2D eigenvalue weighted by Gasteiger charge is 2.23. The molecule has 1 aliphatic heterocycles. The lowest BCUT2D eigenvalue weighted by Crippen LogP contribution is -2.30. The van der Waals surface area contributed by atoms with Crippen molar-refractivity contribution in [2.75, 3.05) is 23.9 Å². The fourth-order valence-electron chi connectivity index (χ4n) is 3.11. The molecule has 0 aliphatic carbocycles. The molecule has 2 amide bonds. The molecule has 0 spiro atoms. The van der Waals surface area contributed by atoms with Crippen molar-refractivity contribution in [2.45, 2.75) is 25.9 Å². The molecule has 0 bridgehead atoms. The second-order valence-electron chi connectivity index (χ2n) is 6.87. The molecule has 10 nitrogen and oxygen atoms in total. The number of carbonyl (C=O) groups is 3. The van der Waals surface area contributed by atoms with Crippen LogP contribution in [-0.4, -0.2) is 42.5 Å². The number of nitro groups is 1. The van der Waals surface area contributed by atoms with Gasteiger partial charge in [0.25, 0.3) is 11.6 Å². The number of nitro benzene ring substituents is 1. The number of carbonyl (C=O) groups excluding carboxylic acids is 3. The average Bonchev–Trinajstić information content (AvgIpc) is 3.19. The SMILES string of the molecule is COc1cc([N+](=O)[O-])ccc1NC(=O)C(C)OC(=O)c1ccc(N2CCCC2=O)cc1. The molecular formula is C21H21N3O7. The normalized spacial score (nSPS) is 14.1. The Morgan fingerprint density at radius 2 is 1.90 bits per heavy atom. The molecule has 0 saturated carbocycles. The monoisotopic (exact) mass is 427 g/mol. The molecule has 31 heavy (non-hydrogen) atoms. The van der Waals surface area contributed by atoms with E-state index in [2.05, 4.69) is 5.32 Å². The molecule has 2 aromatic rings. The fourth-order valence-corrected chi connectivity index (χ4v) is 3.11. The van der Waals surface area contributed by atoms with Crippen LogP contribution < -0.4 is 15.0 Å². The van der Waals surface area contributed by atoms with Crippen molar-refractivity contribution in [1.82, 2.24) is 0 Å². The zero-order valence-electron chi connectivity index (χ0n) is 17.0. The summed E-state index contributed by atoms with van der Waals surface area (Å²) in [6, 6.07) is 10.1. The fraction of sp³-hybridized carbons (Fsp3) is 0.286. The highest BCUT2D eigenvalue weighted by molar-refractivity contribution is 5.99. The summed E-state index contributed by atoms with van der Waals surface area (Å²) in [5.74, 6) is -1.17. The van der Waals surface area contributed by atoms with Crippen molar-refractivity contribution in [1.29, 1.82) is 0 Å². The molecule has 0 radical (unpaired) electrons. The largest absolute Gasteiger partial charge is 0.494 e. The van der Waals surface area contributed by atoms with Crippen LogP contribution in [0.4, 0.5) is 17.1 Å². The van der Waals surface area contributed by atoms with Crippen LogP contribution in [0, 0.1) is 10.1 Å². The van der Waals surface area contributed by atoms with E-state index in [1.54, 1.807) is 17.0 Å². The third-order valence-corrected chi connectivity index (χ3v) is 4.79. The van der Waals surface area contributed by atoms with Crippen LogP contribution in [0.1, 0.15) is 30.1 Å². The molecule has 3 rings (SSSR count). The third kappa shape index (κ3) is 4.97. The van der Waals surface area contributed by atoms with Gasteiger partial charge in [0.2, 0.25) is 5.91 Å². The number of ether oxygens (including phenoxy) is 2. The molecule has 1 saturated heterocycles. The highest BCUT2D eigenvalue weighted by atomic mass is 16.6. The van der Waals surface area contributed by atoms with E-state index in [0.29, 0.717) is 18.7 Å². The Kier molecular flexibility index (Phi) is 6.49. The van der Waals surface area contributed by atoms with Crippen LogP contribution in [0.3, 0.4) is 0 Å². The number of amides is 2. The van der Waals surface area contributed by atoms with E-state index < -0.39 is 22.9 Å². The number of hydrogen-bond donors (Lipinski definition) is 1. The summed E-state index contributed by atoms with van der Waals surface area (Å²) in [6.07, 6.45) is 0.178. The standard InChI is InChI=1S/C21H21N3O7/c1-13(20(26)22-17-10-9-16(24(28)29)12-18(17)30-2)31-21(27)14-5-7-15(8-6-14)23-11-3-4-19(23)25/h5-10,12-13H,3-4,11H2,1-2H3,(H,22,26). The van der Waals surface area contributed by atoms with Gasteiger partial charge < -0.3 is 19.7 Å². The molecule has 1 atom stereocenters. The van der Waals surface area contributed by atoms with Gasteiger partial charge in [0, 0.05) is 24.7 Å². The molecule has 1 fully saturated rings. The molecule has 10 heteroatoms. The van der Waals surface area contributed by atoms with Crippen LogP contribution >= 0.6 is 0 Å². The number of methoxy groups -OCH3 is 1. The van der Waals surface area contributed by atoms with Gasteiger partial charge in [0.05, 0.1) is 29.4 Å². The van der Waals surface area contributed by atoms with E-state index in [-0.39, 0.29) is 28.6 Å². The summed E-state index contributed by atoms with van der Waals surface area (Å²) >= 11 is 0. The number of nitrogens with zero attached hydrogens (tertiary/aromatic N) is 2. The van der Waals surface area contributed by atoms with Crippen molar-refractivity contribution in [3.63, 3.8) is 0 Å². The minimum Gasteiger partial charge on any atom is -0.494 e. The van der Waals surface area contributed by atoms with Gasteiger partial charge in [0.15, 0.2) is 6.10 Å². The Morgan fingerprint density at radius 3 is 2.48 bits per heavy atom. The van der Waals surface area contributed by atoms with Crippen LogP contribution in [0.2, 0.25) is 0 Å². The van der Waals surface area contributed by atoms with Crippen molar-refractivity contribution in [2.24, 2.45) is 0 Å². The Balaban J connectivity index is 1.62. The molecule has 0 aromatic heterocycles. The summed E-state index contributed by atoms with van der Waals surface area (Å²) in [5, 5.41) is 13.4. The summed E-state index contributed by atoms with van der Waals surface area (Å²) in [6.45, 7) is 2.05. The van der Waals surface area contributed by atoms with Gasteiger partial charge in [-0.1, -0.05) is 0 Å². The lowest BCUT2D eigenvalue weighted by molar-refractivity contribution is -0.384. The summed E-state index contributed by atoms with van der Waals surface area (Å²) in [4.78, 5) is 48.5. The van der Waals surface area contributed by atoms with Gasteiger partial charge in [0.1, 0.15) is 5.75 Å². The number of rotatable bonds is 7. The Hall–Kier alpha value is -3.95. The average molecular weight is 427 g/mol. The first-order valence-electron chi connectivity index (χ1n) is 9.55. The second kappa shape index (κ2) is 9.24. The molecule has 162 valence electrons. The van der Waals surface area contributed by atoms with E-state index in [9.17, 15) is 24.5 Å². The smallest absolute Gasteiger partial charge is 0.338 e. The zero-order chi connectivity index (χ0) is 22.5. The minimum absolute atomic E-state index is 0.0438. The lowest BCUT2D eigenvalue weighted by atomic mass is 10.2. The van der Waals surface area contributed by atoms with E-state index >= 15 is 0 Å². The maximum absolute atomic E-state index is 12.4. The van der Waals surface area contributed by atoms with Gasteiger partial charge >= 0.3 is 5.97 Å². The lowest BCUT2D eigenvalue weighted by Gasteiger charge is -2.17. The summed E-state index contributed by atoms with van der Waals surface area (Å²) in [5.41, 5.74) is 0.965. The van der Waals surface area contributed by atoms with E-state index in [4.69, 9.17) is 9.47 Å². The zero-order valence-corrected chi connectivity index (χ0v) is 17.0. The van der Waals surface area contributed by atoms with Gasteiger partial charge in [-0.3, -0.25) is 19.7 Å². The number of hydrogen-bond acceptors (Lipinski definition) is 7. The van der Waals surface area contributed by atoms with E-state index in [0.717, 1.165) is 6.42 Å². The predicted molar refractivity (Wildman–Crippen MR) is 111 cm³/mol. The van der Waals surface area contributed by atoms with Crippen LogP contribution in [0.25, 0.3) is 0 Å². The highest BCUT2D eigenvalue weighted by Crippen LogP contribution is 2.29. The minimum atomic E-state index is -1.13. The van der Waals surface area contributed by atoms with Crippen LogP contribution in [0.5, 0.6) is 5.75 Å². The molecule has 1 aliphatic rings. The number of non-ortho nitro benzene ring substituents is 1. The first kappa shape index (κ1) is 21.8. The number of benzene rings is 2. The number of nitrogens with one attached hydrogen (secondary N) is 1. The molecule has 1 N–H and O–H groups in total. The third-order valence-electron chi connectivity index (χ3n) is 4.79. The van der Waals surface area contributed by atoms with Gasteiger partial charge in [-0.15, -0.1) is 0 Å². The maximum Gasteiger partial charge on any atom is 0.338 e. The van der Waals surface area contributed by atoms with Crippen molar-refractivity contribution in [3.8, 4) is 5.75 Å². The summed E-state index contributed by atoms with van der Waals surface area (Å²) < 4.78 is 10.3. The van der Waals surface area contributed by atoms with E-state index in [1.807, 2.05) is 0 Å². The topological polar surface area (TPSA) is 128 Å². The second-order valence-corrected chi connectivity index (χ2v) is 6.87. The Bertz CT molecular complexity index is 1020. The Morgan fingerprint density at radius 1 is 1.19 bits per heavy atom. The first-order chi connectivity index (χ1) is 14.8.